The molecule has 0 unspecified atom stereocenters. The summed E-state index contributed by atoms with van der Waals surface area (Å²) in [6, 6.07) is 2.74. The fraction of sp³-hybridized carbons (Fsp3) is 0.721. The van der Waals surface area contributed by atoms with E-state index in [4.69, 9.17) is 23.7 Å². The van der Waals surface area contributed by atoms with Crippen molar-refractivity contribution in [1.82, 2.24) is 24.3 Å². The van der Waals surface area contributed by atoms with Crippen molar-refractivity contribution in [3.63, 3.8) is 0 Å². The quantitative estimate of drug-likeness (QED) is 0.184. The Morgan fingerprint density at radius 1 is 1.02 bits per heavy atom. The van der Waals surface area contributed by atoms with Crippen LogP contribution >= 0.6 is 0 Å². The summed E-state index contributed by atoms with van der Waals surface area (Å²) in [6.07, 6.45) is 4.45. The van der Waals surface area contributed by atoms with Crippen LogP contribution in [0.5, 0.6) is 0 Å². The van der Waals surface area contributed by atoms with E-state index in [0.29, 0.717) is 32.4 Å². The molecule has 5 rings (SSSR count). The van der Waals surface area contributed by atoms with Gasteiger partial charge in [-0.3, -0.25) is 19.4 Å². The van der Waals surface area contributed by atoms with Gasteiger partial charge in [0.05, 0.1) is 35.9 Å². The fourth-order valence-electron chi connectivity index (χ4n) is 9.43. The van der Waals surface area contributed by atoms with Crippen LogP contribution in [0.1, 0.15) is 87.5 Å². The van der Waals surface area contributed by atoms with Crippen molar-refractivity contribution in [2.75, 3.05) is 27.7 Å². The van der Waals surface area contributed by atoms with Gasteiger partial charge in [0.2, 0.25) is 0 Å². The minimum Gasteiger partial charge on any atom is -0.458 e. The highest BCUT2D eigenvalue weighted by Crippen LogP contribution is 2.43. The van der Waals surface area contributed by atoms with E-state index in [1.165, 1.54) is 14.0 Å². The Balaban J connectivity index is 1.43. The van der Waals surface area contributed by atoms with Crippen LogP contribution in [-0.4, -0.2) is 135 Å². The summed E-state index contributed by atoms with van der Waals surface area (Å²) in [5, 5.41) is 11.4. The Morgan fingerprint density at radius 2 is 1.72 bits per heavy atom. The van der Waals surface area contributed by atoms with Gasteiger partial charge in [-0.1, -0.05) is 27.7 Å². The van der Waals surface area contributed by atoms with Crippen molar-refractivity contribution in [2.45, 2.75) is 148 Å². The lowest BCUT2D eigenvalue weighted by Gasteiger charge is -2.47. The molecule has 322 valence electrons. The van der Waals surface area contributed by atoms with E-state index >= 15 is 0 Å². The van der Waals surface area contributed by atoms with E-state index < -0.39 is 83.4 Å². The van der Waals surface area contributed by atoms with Crippen LogP contribution in [0.25, 0.3) is 11.3 Å². The molecule has 15 nitrogen and oxygen atoms in total. The van der Waals surface area contributed by atoms with E-state index in [-0.39, 0.29) is 30.8 Å². The van der Waals surface area contributed by atoms with Crippen LogP contribution in [0.4, 0.5) is 4.79 Å². The van der Waals surface area contributed by atoms with Crippen molar-refractivity contribution in [3.05, 3.63) is 37.1 Å². The number of aliphatic hydroxyl groups is 1. The minimum atomic E-state index is -1.40. The number of cyclic esters (lactones) is 1. The summed E-state index contributed by atoms with van der Waals surface area (Å²) in [7, 11) is 5.24. The summed E-state index contributed by atoms with van der Waals surface area (Å²) < 4.78 is 33.2. The number of nitrogens with zero attached hydrogens (tertiary/aromatic N) is 5. The first-order valence-corrected chi connectivity index (χ1v) is 20.8. The third kappa shape index (κ3) is 9.33. The molecular formula is C43H65N5O10. The number of hydrogen-bond acceptors (Lipinski definition) is 13. The van der Waals surface area contributed by atoms with Crippen LogP contribution in [0.2, 0.25) is 0 Å². The molecule has 15 heteroatoms. The number of carbonyl (C=O) groups is 4. The van der Waals surface area contributed by atoms with E-state index in [1.54, 1.807) is 51.3 Å². The zero-order valence-electron chi connectivity index (χ0n) is 36.1. The van der Waals surface area contributed by atoms with Crippen LogP contribution in [0.15, 0.2) is 37.1 Å². The molecule has 1 N–H and O–H groups in total. The van der Waals surface area contributed by atoms with Crippen LogP contribution in [-0.2, 0) is 44.6 Å². The van der Waals surface area contributed by atoms with Gasteiger partial charge in [-0.25, -0.2) is 9.78 Å². The lowest BCUT2D eigenvalue weighted by Crippen LogP contribution is -2.60. The van der Waals surface area contributed by atoms with Gasteiger partial charge in [0.15, 0.2) is 17.7 Å². The van der Waals surface area contributed by atoms with Crippen molar-refractivity contribution in [1.29, 1.82) is 0 Å². The normalized spacial score (nSPS) is 36.7. The number of fused-ring (bicyclic) bond motifs is 1. The number of likely N-dealkylation sites (N-methyl/N-ethyl adjacent to an activating group) is 1. The summed E-state index contributed by atoms with van der Waals surface area (Å²) in [5.41, 5.74) is -0.938. The lowest BCUT2D eigenvalue weighted by atomic mass is 9.73. The molecule has 0 saturated carbocycles. The Morgan fingerprint density at radius 3 is 2.36 bits per heavy atom. The van der Waals surface area contributed by atoms with Gasteiger partial charge in [-0.05, 0) is 86.0 Å². The van der Waals surface area contributed by atoms with Gasteiger partial charge < -0.3 is 43.2 Å². The fourth-order valence-corrected chi connectivity index (χ4v) is 9.43. The molecule has 0 bridgehead atoms. The predicted molar refractivity (Wildman–Crippen MR) is 214 cm³/mol. The first-order chi connectivity index (χ1) is 27.4. The molecule has 58 heavy (non-hydrogen) atoms. The predicted octanol–water partition coefficient (Wildman–Crippen LogP) is 4.93. The molecule has 0 aliphatic carbocycles. The maximum Gasteiger partial charge on any atom is 0.410 e. The number of rotatable bonds is 11. The lowest BCUT2D eigenvalue weighted by molar-refractivity contribution is -0.295. The molecule has 0 radical (unpaired) electrons. The Bertz CT molecular complexity index is 1740. The summed E-state index contributed by atoms with van der Waals surface area (Å²) in [6.45, 7) is 14.9. The number of ketones is 2. The number of pyridine rings is 1. The second-order valence-electron chi connectivity index (χ2n) is 17.3. The SMILES string of the molecule is CC[C@H]1OC(=O)[C@H](C)C(=O)[C@H](C)[C@@H](O[C@@H]2O[C@H](C)C[C@H](N(C)C)[C@H]2O)[C@](C)(OC)C[C@@H](C)C(=O)[C@H](C)[C@@H]2N(CCCCn3cnc(-c4cccnc4)c3)C(=O)O[C@@]21C. The van der Waals surface area contributed by atoms with Crippen molar-refractivity contribution in [2.24, 2.45) is 23.7 Å². The van der Waals surface area contributed by atoms with Crippen LogP contribution < -0.4 is 0 Å². The number of hydrogen-bond donors (Lipinski definition) is 1. The maximum absolute atomic E-state index is 14.7. The van der Waals surface area contributed by atoms with E-state index in [1.807, 2.05) is 62.7 Å². The zero-order chi connectivity index (χ0) is 42.7. The summed E-state index contributed by atoms with van der Waals surface area (Å²) in [4.78, 5) is 69.0. The number of carbonyl (C=O) groups excluding carboxylic acids is 4. The molecule has 0 spiro atoms. The highest BCUT2D eigenvalue weighted by atomic mass is 16.7. The second-order valence-corrected chi connectivity index (χ2v) is 17.3. The number of amides is 1. The van der Waals surface area contributed by atoms with Gasteiger partial charge in [-0.15, -0.1) is 0 Å². The topological polar surface area (TPSA) is 172 Å². The van der Waals surface area contributed by atoms with E-state index in [9.17, 15) is 24.3 Å². The first-order valence-electron chi connectivity index (χ1n) is 20.8. The molecule has 5 heterocycles. The minimum absolute atomic E-state index is 0.130. The largest absolute Gasteiger partial charge is 0.458 e. The number of aromatic nitrogens is 3. The number of esters is 1. The van der Waals surface area contributed by atoms with Crippen molar-refractivity contribution in [3.8, 4) is 11.3 Å². The number of ether oxygens (including phenoxy) is 5. The molecule has 1 amide bonds. The molecule has 3 aliphatic heterocycles. The number of aliphatic hydroxyl groups excluding tert-OH is 1. The van der Waals surface area contributed by atoms with E-state index in [2.05, 4.69) is 9.97 Å². The molecule has 2 aromatic heterocycles. The molecule has 3 aliphatic rings. The number of imidazole rings is 1. The summed E-state index contributed by atoms with van der Waals surface area (Å²) >= 11 is 0. The number of methoxy groups -OCH3 is 1. The van der Waals surface area contributed by atoms with Gasteiger partial charge in [0.25, 0.3) is 0 Å². The average Bonchev–Trinajstić information content (AvgIpc) is 3.78. The third-order valence-electron chi connectivity index (χ3n) is 12.8. The Labute approximate surface area is 343 Å². The van der Waals surface area contributed by atoms with Gasteiger partial charge in [0.1, 0.15) is 23.9 Å². The Hall–Kier alpha value is -3.76. The maximum atomic E-state index is 14.7. The van der Waals surface area contributed by atoms with Crippen LogP contribution in [0, 0.1) is 23.7 Å². The third-order valence-corrected chi connectivity index (χ3v) is 12.8. The number of Topliss-reactive ketones (excluding diaryl/α,β-unsaturated/α-hetero) is 2. The molecule has 3 fully saturated rings. The standard InChI is InChI=1S/C43H65N5O10/c1-12-33-43(8)37(48(41(53)58-43)19-14-13-18-47-23-31(45-24-47)30-16-15-17-44-22-30)27(4)34(49)25(2)21-42(7,54-11)38(28(5)35(50)29(6)39(52)56-33)57-40-36(51)32(46(9)10)20-26(3)55-40/h15-17,22-29,32-33,36-38,40,51H,12-14,18-21H2,1-11H3/t25-,26-,27+,28+,29-,32+,33-,36-,37+,38-,40+,42-,43-/m1/s1. The highest BCUT2D eigenvalue weighted by Gasteiger charge is 2.60. The van der Waals surface area contributed by atoms with Crippen molar-refractivity contribution < 1.29 is 48.0 Å². The number of unbranched alkanes of at least 4 members (excludes halogenated alkanes) is 1. The van der Waals surface area contributed by atoms with E-state index in [0.717, 1.165) is 11.3 Å². The molecule has 0 aromatic carbocycles. The smallest absolute Gasteiger partial charge is 0.410 e. The monoisotopic (exact) mass is 811 g/mol. The number of aryl methyl sites for hydroxylation is 1. The summed E-state index contributed by atoms with van der Waals surface area (Å²) in [5.74, 6) is -4.95. The molecule has 2 aromatic rings. The van der Waals surface area contributed by atoms with Gasteiger partial charge in [0, 0.05) is 68.1 Å². The molecular weight excluding hydrogens is 746 g/mol. The molecule has 13 atom stereocenters. The average molecular weight is 812 g/mol. The van der Waals surface area contributed by atoms with Gasteiger partial charge in [-0.2, -0.15) is 0 Å². The van der Waals surface area contributed by atoms with Gasteiger partial charge >= 0.3 is 12.1 Å². The zero-order valence-corrected chi connectivity index (χ0v) is 36.1. The Kier molecular flexibility index (Phi) is 14.6. The molecule has 3 saturated heterocycles. The van der Waals surface area contributed by atoms with Crippen molar-refractivity contribution >= 4 is 23.6 Å². The highest BCUT2D eigenvalue weighted by molar-refractivity contribution is 6.00. The second kappa shape index (κ2) is 18.7. The van der Waals surface area contributed by atoms with Crippen LogP contribution in [0.3, 0.4) is 0 Å². The first kappa shape index (κ1) is 45.3.